The third kappa shape index (κ3) is 4.85. The van der Waals surface area contributed by atoms with Gasteiger partial charge in [0, 0.05) is 44.0 Å². The molecular weight excluding hydrogens is 374 g/mol. The van der Waals surface area contributed by atoms with Crippen molar-refractivity contribution in [3.63, 3.8) is 0 Å². The second-order valence-corrected chi connectivity index (χ2v) is 8.17. The Hall–Kier alpha value is -2.79. The molecule has 1 fully saturated rings. The van der Waals surface area contributed by atoms with Gasteiger partial charge >= 0.3 is 0 Å². The number of hydrogen-bond donors (Lipinski definition) is 1. The third-order valence-electron chi connectivity index (χ3n) is 6.12. The molecule has 0 bridgehead atoms. The normalized spacial score (nSPS) is 14.9. The van der Waals surface area contributed by atoms with Gasteiger partial charge in [-0.15, -0.1) is 0 Å². The number of piperazine rings is 1. The summed E-state index contributed by atoms with van der Waals surface area (Å²) in [7, 11) is 0. The fraction of sp³-hybridized carbons (Fsp3) is 0.400. The molecule has 1 aliphatic rings. The first-order valence-corrected chi connectivity index (χ1v) is 10.9. The SMILES string of the molecule is Cc1cccc(N2CCN(CCCCOc3ccc4ccc(=O)[nH]c4c3)CC2)c1C. The molecule has 0 radical (unpaired) electrons. The maximum atomic E-state index is 11.5. The van der Waals surface area contributed by atoms with Gasteiger partial charge in [-0.3, -0.25) is 9.69 Å². The summed E-state index contributed by atoms with van der Waals surface area (Å²) in [6.07, 6.45) is 2.16. The van der Waals surface area contributed by atoms with Crippen LogP contribution < -0.4 is 15.2 Å². The van der Waals surface area contributed by atoms with Gasteiger partial charge in [0.05, 0.1) is 12.1 Å². The molecule has 5 nitrogen and oxygen atoms in total. The first-order valence-electron chi connectivity index (χ1n) is 10.9. The molecular formula is C25H31N3O2. The molecule has 158 valence electrons. The highest BCUT2D eigenvalue weighted by molar-refractivity contribution is 5.79. The Morgan fingerprint density at radius 3 is 2.60 bits per heavy atom. The Balaban J connectivity index is 1.18. The van der Waals surface area contributed by atoms with Crippen LogP contribution in [0.2, 0.25) is 0 Å². The number of aryl methyl sites for hydroxylation is 1. The summed E-state index contributed by atoms with van der Waals surface area (Å²) in [5.74, 6) is 0.812. The van der Waals surface area contributed by atoms with Crippen molar-refractivity contribution in [1.82, 2.24) is 9.88 Å². The zero-order valence-corrected chi connectivity index (χ0v) is 18.0. The number of unbranched alkanes of at least 4 members (excludes halogenated alkanes) is 1. The van der Waals surface area contributed by atoms with Gasteiger partial charge in [-0.2, -0.15) is 0 Å². The molecule has 1 aromatic heterocycles. The van der Waals surface area contributed by atoms with Crippen LogP contribution in [0.1, 0.15) is 24.0 Å². The standard InChI is InChI=1S/C25H31N3O2/c1-19-6-5-7-24(20(19)2)28-15-13-27(14-16-28)12-3-4-17-30-22-10-8-21-9-11-25(29)26-23(21)18-22/h5-11,18H,3-4,12-17H2,1-2H3,(H,26,29). The quantitative estimate of drug-likeness (QED) is 0.601. The summed E-state index contributed by atoms with van der Waals surface area (Å²) in [6, 6.07) is 15.8. The lowest BCUT2D eigenvalue weighted by Crippen LogP contribution is -2.46. The Morgan fingerprint density at radius 1 is 0.967 bits per heavy atom. The highest BCUT2D eigenvalue weighted by atomic mass is 16.5. The van der Waals surface area contributed by atoms with E-state index in [9.17, 15) is 4.79 Å². The van der Waals surface area contributed by atoms with E-state index in [4.69, 9.17) is 4.74 Å². The minimum absolute atomic E-state index is 0.0858. The van der Waals surface area contributed by atoms with Crippen LogP contribution >= 0.6 is 0 Å². The molecule has 4 rings (SSSR count). The number of nitrogens with one attached hydrogen (secondary N) is 1. The van der Waals surface area contributed by atoms with E-state index >= 15 is 0 Å². The third-order valence-corrected chi connectivity index (χ3v) is 6.12. The number of benzene rings is 2. The second kappa shape index (κ2) is 9.35. The van der Waals surface area contributed by atoms with E-state index in [2.05, 4.69) is 46.8 Å². The second-order valence-electron chi connectivity index (χ2n) is 8.17. The van der Waals surface area contributed by atoms with Gasteiger partial charge in [0.15, 0.2) is 0 Å². The number of pyridine rings is 1. The molecule has 2 aromatic carbocycles. The van der Waals surface area contributed by atoms with Crippen molar-refractivity contribution in [3.8, 4) is 5.75 Å². The molecule has 0 spiro atoms. The molecule has 2 heterocycles. The lowest BCUT2D eigenvalue weighted by molar-refractivity contribution is 0.238. The smallest absolute Gasteiger partial charge is 0.248 e. The summed E-state index contributed by atoms with van der Waals surface area (Å²) in [5.41, 5.74) is 4.90. The molecule has 3 aromatic rings. The Kier molecular flexibility index (Phi) is 6.38. The summed E-state index contributed by atoms with van der Waals surface area (Å²) < 4.78 is 5.89. The van der Waals surface area contributed by atoms with Crippen molar-refractivity contribution in [3.05, 3.63) is 70.0 Å². The van der Waals surface area contributed by atoms with Crippen LogP contribution in [0.25, 0.3) is 10.9 Å². The Labute approximate surface area is 178 Å². The predicted octanol–water partition coefficient (Wildman–Crippen LogP) is 4.13. The minimum Gasteiger partial charge on any atom is -0.494 e. The van der Waals surface area contributed by atoms with Crippen LogP contribution in [-0.4, -0.2) is 49.2 Å². The first kappa shape index (κ1) is 20.5. The van der Waals surface area contributed by atoms with Crippen LogP contribution in [0.3, 0.4) is 0 Å². The van der Waals surface area contributed by atoms with Gasteiger partial charge in [-0.1, -0.05) is 12.1 Å². The van der Waals surface area contributed by atoms with Gasteiger partial charge in [0.2, 0.25) is 5.56 Å². The first-order chi connectivity index (χ1) is 14.6. The van der Waals surface area contributed by atoms with E-state index in [1.54, 1.807) is 6.07 Å². The van der Waals surface area contributed by atoms with Crippen molar-refractivity contribution in [2.75, 3.05) is 44.2 Å². The van der Waals surface area contributed by atoms with E-state index in [0.29, 0.717) is 6.61 Å². The molecule has 5 heteroatoms. The van der Waals surface area contributed by atoms with Gasteiger partial charge < -0.3 is 14.6 Å². The lowest BCUT2D eigenvalue weighted by atomic mass is 10.1. The number of anilines is 1. The summed E-state index contributed by atoms with van der Waals surface area (Å²) >= 11 is 0. The number of ether oxygens (including phenoxy) is 1. The molecule has 1 N–H and O–H groups in total. The van der Waals surface area contributed by atoms with E-state index in [1.807, 2.05) is 24.3 Å². The maximum absolute atomic E-state index is 11.5. The molecule has 30 heavy (non-hydrogen) atoms. The lowest BCUT2D eigenvalue weighted by Gasteiger charge is -2.37. The molecule has 1 aliphatic heterocycles. The predicted molar refractivity (Wildman–Crippen MR) is 124 cm³/mol. The monoisotopic (exact) mass is 405 g/mol. The zero-order valence-electron chi connectivity index (χ0n) is 18.0. The minimum atomic E-state index is -0.0858. The van der Waals surface area contributed by atoms with Gasteiger partial charge in [0.1, 0.15) is 5.75 Å². The molecule has 0 saturated carbocycles. The van der Waals surface area contributed by atoms with Crippen LogP contribution in [0.15, 0.2) is 53.3 Å². The summed E-state index contributed by atoms with van der Waals surface area (Å²) in [5, 5.41) is 1.02. The summed E-state index contributed by atoms with van der Waals surface area (Å²) in [4.78, 5) is 19.4. The number of fused-ring (bicyclic) bond motifs is 1. The van der Waals surface area contributed by atoms with Crippen molar-refractivity contribution in [2.24, 2.45) is 0 Å². The van der Waals surface area contributed by atoms with E-state index in [-0.39, 0.29) is 5.56 Å². The molecule has 0 amide bonds. The number of aromatic nitrogens is 1. The van der Waals surface area contributed by atoms with Crippen molar-refractivity contribution in [1.29, 1.82) is 0 Å². The van der Waals surface area contributed by atoms with Crippen LogP contribution in [0.4, 0.5) is 5.69 Å². The molecule has 0 aliphatic carbocycles. The number of nitrogens with zero attached hydrogens (tertiary/aromatic N) is 2. The maximum Gasteiger partial charge on any atom is 0.248 e. The van der Waals surface area contributed by atoms with Gasteiger partial charge in [0.25, 0.3) is 0 Å². The van der Waals surface area contributed by atoms with E-state index in [1.165, 1.54) is 16.8 Å². The molecule has 0 unspecified atom stereocenters. The number of aromatic amines is 1. The molecule has 1 saturated heterocycles. The topological polar surface area (TPSA) is 48.6 Å². The highest BCUT2D eigenvalue weighted by Crippen LogP contribution is 2.24. The van der Waals surface area contributed by atoms with Crippen molar-refractivity contribution < 1.29 is 4.74 Å². The number of hydrogen-bond acceptors (Lipinski definition) is 4. The highest BCUT2D eigenvalue weighted by Gasteiger charge is 2.18. The average Bonchev–Trinajstić information content (AvgIpc) is 2.76. The van der Waals surface area contributed by atoms with Crippen LogP contribution in [0, 0.1) is 13.8 Å². The van der Waals surface area contributed by atoms with E-state index < -0.39 is 0 Å². The fourth-order valence-electron chi connectivity index (χ4n) is 4.14. The van der Waals surface area contributed by atoms with Crippen molar-refractivity contribution >= 4 is 16.6 Å². The number of H-pyrrole nitrogens is 1. The average molecular weight is 406 g/mol. The van der Waals surface area contributed by atoms with Crippen LogP contribution in [0.5, 0.6) is 5.75 Å². The largest absolute Gasteiger partial charge is 0.494 e. The van der Waals surface area contributed by atoms with E-state index in [0.717, 1.165) is 62.2 Å². The van der Waals surface area contributed by atoms with Gasteiger partial charge in [-0.05, 0) is 74.0 Å². The Bertz CT molecular complexity index is 1050. The number of rotatable bonds is 7. The zero-order chi connectivity index (χ0) is 20.9. The fourth-order valence-corrected chi connectivity index (χ4v) is 4.14. The van der Waals surface area contributed by atoms with Crippen molar-refractivity contribution in [2.45, 2.75) is 26.7 Å². The van der Waals surface area contributed by atoms with Crippen LogP contribution in [-0.2, 0) is 0 Å². The summed E-state index contributed by atoms with van der Waals surface area (Å²) in [6.45, 7) is 10.7. The molecule has 0 atom stereocenters. The Morgan fingerprint density at radius 2 is 1.77 bits per heavy atom. The van der Waals surface area contributed by atoms with Gasteiger partial charge in [-0.25, -0.2) is 0 Å².